The minimum atomic E-state index is -1.92. The first kappa shape index (κ1) is 11.3. The van der Waals surface area contributed by atoms with Crippen LogP contribution in [0.1, 0.15) is 5.56 Å². The van der Waals surface area contributed by atoms with Crippen LogP contribution in [0.15, 0.2) is 42.5 Å². The number of benzene rings is 2. The Kier molecular flexibility index (Phi) is 3.66. The van der Waals surface area contributed by atoms with Crippen LogP contribution in [0.4, 0.5) is 0 Å². The highest BCUT2D eigenvalue weighted by atomic mass is 32.2. The lowest BCUT2D eigenvalue weighted by Crippen LogP contribution is -2.18. The Morgan fingerprint density at radius 3 is 2.62 bits per heavy atom. The molecule has 1 unspecified atom stereocenters. The Labute approximate surface area is 96.9 Å². The van der Waals surface area contributed by atoms with Crippen molar-refractivity contribution in [1.29, 1.82) is 0 Å². The van der Waals surface area contributed by atoms with Gasteiger partial charge in [0, 0.05) is 6.54 Å². The molecule has 0 saturated carbocycles. The Morgan fingerprint density at radius 1 is 1.12 bits per heavy atom. The van der Waals surface area contributed by atoms with E-state index in [4.69, 9.17) is 4.55 Å². The number of fused-ring (bicyclic) bond motifs is 1. The molecule has 0 bridgehead atoms. The second-order valence-corrected chi connectivity index (χ2v) is 4.36. The van der Waals surface area contributed by atoms with Crippen molar-refractivity contribution in [1.82, 2.24) is 4.72 Å². The summed E-state index contributed by atoms with van der Waals surface area (Å²) < 4.78 is 21.4. The first-order chi connectivity index (χ1) is 7.75. The van der Waals surface area contributed by atoms with E-state index >= 15 is 0 Å². The maximum absolute atomic E-state index is 10.4. The summed E-state index contributed by atoms with van der Waals surface area (Å²) in [6.45, 7) is 0.501. The van der Waals surface area contributed by atoms with Gasteiger partial charge in [0.2, 0.25) is 11.3 Å². The van der Waals surface area contributed by atoms with Crippen molar-refractivity contribution in [3.63, 3.8) is 0 Å². The van der Waals surface area contributed by atoms with Crippen LogP contribution in [0.5, 0.6) is 0 Å². The SMILES string of the molecule is O=S(O)NCCc1ccc2ccccc2c1. The van der Waals surface area contributed by atoms with E-state index in [1.54, 1.807) is 0 Å². The molecule has 0 radical (unpaired) electrons. The average molecular weight is 235 g/mol. The fourth-order valence-corrected chi connectivity index (χ4v) is 1.95. The van der Waals surface area contributed by atoms with Gasteiger partial charge in [-0.15, -0.1) is 0 Å². The van der Waals surface area contributed by atoms with E-state index < -0.39 is 11.3 Å². The maximum Gasteiger partial charge on any atom is 0.231 e. The lowest BCUT2D eigenvalue weighted by atomic mass is 10.1. The maximum atomic E-state index is 10.4. The molecule has 2 N–H and O–H groups in total. The Balaban J connectivity index is 2.10. The van der Waals surface area contributed by atoms with Crippen LogP contribution < -0.4 is 4.72 Å². The van der Waals surface area contributed by atoms with Gasteiger partial charge in [-0.25, -0.2) is 8.93 Å². The average Bonchev–Trinajstić information content (AvgIpc) is 2.28. The summed E-state index contributed by atoms with van der Waals surface area (Å²) >= 11 is -1.92. The molecule has 0 fully saturated rings. The molecular weight excluding hydrogens is 222 g/mol. The summed E-state index contributed by atoms with van der Waals surface area (Å²) in [5, 5.41) is 2.41. The predicted molar refractivity (Wildman–Crippen MR) is 66.4 cm³/mol. The van der Waals surface area contributed by atoms with E-state index in [1.165, 1.54) is 10.8 Å². The lowest BCUT2D eigenvalue weighted by Gasteiger charge is -2.03. The first-order valence-corrected chi connectivity index (χ1v) is 6.18. The molecule has 0 amide bonds. The van der Waals surface area contributed by atoms with Gasteiger partial charge in [0.15, 0.2) is 0 Å². The minimum absolute atomic E-state index is 0.501. The van der Waals surface area contributed by atoms with Gasteiger partial charge >= 0.3 is 0 Å². The van der Waals surface area contributed by atoms with Crippen molar-refractivity contribution in [2.24, 2.45) is 0 Å². The number of hydrogen-bond donors (Lipinski definition) is 2. The van der Waals surface area contributed by atoms with Crippen LogP contribution >= 0.6 is 0 Å². The van der Waals surface area contributed by atoms with Crippen LogP contribution in [-0.2, 0) is 17.7 Å². The van der Waals surface area contributed by atoms with Gasteiger partial charge < -0.3 is 0 Å². The van der Waals surface area contributed by atoms with E-state index in [1.807, 2.05) is 18.2 Å². The number of rotatable bonds is 4. The third kappa shape index (κ3) is 2.88. The highest BCUT2D eigenvalue weighted by Crippen LogP contribution is 2.15. The fraction of sp³-hybridized carbons (Fsp3) is 0.167. The van der Waals surface area contributed by atoms with E-state index in [2.05, 4.69) is 29.0 Å². The van der Waals surface area contributed by atoms with Gasteiger partial charge in [-0.2, -0.15) is 0 Å². The molecule has 0 aliphatic rings. The number of hydrogen-bond acceptors (Lipinski definition) is 1. The molecule has 1 atom stereocenters. The molecule has 2 aromatic carbocycles. The Hall–Kier alpha value is -1.23. The zero-order valence-electron chi connectivity index (χ0n) is 8.72. The molecule has 2 rings (SSSR count). The van der Waals surface area contributed by atoms with Crippen LogP contribution in [0.25, 0.3) is 10.8 Å². The Morgan fingerprint density at radius 2 is 1.88 bits per heavy atom. The van der Waals surface area contributed by atoms with Crippen molar-refractivity contribution in [3.8, 4) is 0 Å². The zero-order valence-corrected chi connectivity index (χ0v) is 9.54. The third-order valence-electron chi connectivity index (χ3n) is 2.45. The van der Waals surface area contributed by atoms with Crippen LogP contribution in [-0.4, -0.2) is 15.3 Å². The van der Waals surface area contributed by atoms with E-state index in [0.717, 1.165) is 12.0 Å². The minimum Gasteiger partial charge on any atom is -0.294 e. The van der Waals surface area contributed by atoms with E-state index in [0.29, 0.717) is 6.54 Å². The van der Waals surface area contributed by atoms with Crippen LogP contribution in [0, 0.1) is 0 Å². The standard InChI is InChI=1S/C12H13NO2S/c14-16(15)13-8-7-10-5-6-11-3-1-2-4-12(11)9-10/h1-6,9,13H,7-8H2,(H,14,15). The number of nitrogens with one attached hydrogen (secondary N) is 1. The predicted octanol–water partition coefficient (Wildman–Crippen LogP) is 2.11. The summed E-state index contributed by atoms with van der Waals surface area (Å²) in [6.07, 6.45) is 0.747. The molecule has 0 spiro atoms. The van der Waals surface area contributed by atoms with E-state index in [9.17, 15) is 4.21 Å². The van der Waals surface area contributed by atoms with Gasteiger partial charge in [0.25, 0.3) is 0 Å². The monoisotopic (exact) mass is 235 g/mol. The molecule has 0 heterocycles. The van der Waals surface area contributed by atoms with Crippen molar-refractivity contribution in [2.75, 3.05) is 6.54 Å². The second-order valence-electron chi connectivity index (χ2n) is 3.57. The zero-order chi connectivity index (χ0) is 11.4. The van der Waals surface area contributed by atoms with Gasteiger partial charge in [-0.1, -0.05) is 42.5 Å². The summed E-state index contributed by atoms with van der Waals surface area (Å²) in [7, 11) is 0. The fourth-order valence-electron chi connectivity index (χ4n) is 1.68. The lowest BCUT2D eigenvalue weighted by molar-refractivity contribution is 0.549. The molecule has 84 valence electrons. The first-order valence-electron chi connectivity index (χ1n) is 5.08. The van der Waals surface area contributed by atoms with Crippen LogP contribution in [0.2, 0.25) is 0 Å². The topological polar surface area (TPSA) is 49.3 Å². The van der Waals surface area contributed by atoms with Gasteiger partial charge in [-0.3, -0.25) is 4.55 Å². The molecule has 0 aromatic heterocycles. The quantitative estimate of drug-likeness (QED) is 0.797. The molecule has 3 nitrogen and oxygen atoms in total. The molecule has 4 heteroatoms. The second kappa shape index (κ2) is 5.21. The largest absolute Gasteiger partial charge is 0.294 e. The van der Waals surface area contributed by atoms with Crippen molar-refractivity contribution in [2.45, 2.75) is 6.42 Å². The Bertz CT molecular complexity index is 513. The van der Waals surface area contributed by atoms with Crippen molar-refractivity contribution in [3.05, 3.63) is 48.0 Å². The van der Waals surface area contributed by atoms with Crippen molar-refractivity contribution < 1.29 is 8.76 Å². The molecule has 0 saturated heterocycles. The van der Waals surface area contributed by atoms with E-state index in [-0.39, 0.29) is 0 Å². The summed E-state index contributed by atoms with van der Waals surface area (Å²) in [4.78, 5) is 0. The molecular formula is C12H13NO2S. The van der Waals surface area contributed by atoms with Crippen LogP contribution in [0.3, 0.4) is 0 Å². The highest BCUT2D eigenvalue weighted by molar-refractivity contribution is 7.77. The van der Waals surface area contributed by atoms with Gasteiger partial charge in [0.1, 0.15) is 0 Å². The van der Waals surface area contributed by atoms with Gasteiger partial charge in [-0.05, 0) is 22.8 Å². The van der Waals surface area contributed by atoms with Crippen molar-refractivity contribution >= 4 is 22.0 Å². The smallest absolute Gasteiger partial charge is 0.231 e. The highest BCUT2D eigenvalue weighted by Gasteiger charge is 1.97. The summed E-state index contributed by atoms with van der Waals surface area (Å²) in [5.74, 6) is 0. The molecule has 2 aromatic rings. The van der Waals surface area contributed by atoms with Gasteiger partial charge in [0.05, 0.1) is 0 Å². The summed E-state index contributed by atoms with van der Waals surface area (Å²) in [6, 6.07) is 14.4. The third-order valence-corrected chi connectivity index (χ3v) is 2.90. The summed E-state index contributed by atoms with van der Waals surface area (Å²) in [5.41, 5.74) is 1.16. The normalized spacial score (nSPS) is 12.8. The molecule has 16 heavy (non-hydrogen) atoms. The molecule has 0 aliphatic carbocycles. The molecule has 0 aliphatic heterocycles.